The first-order chi connectivity index (χ1) is 8.77. The number of hydrogen-bond donors (Lipinski definition) is 2. The topological polar surface area (TPSA) is 36.4 Å². The molecule has 0 unspecified atom stereocenters. The van der Waals surface area contributed by atoms with E-state index in [0.29, 0.717) is 0 Å². The zero-order valence-corrected chi connectivity index (χ0v) is 12.3. The number of thioether (sulfide) groups is 1. The van der Waals surface area contributed by atoms with Gasteiger partial charge in [0.25, 0.3) is 0 Å². The van der Waals surface area contributed by atoms with Crippen LogP contribution in [-0.4, -0.2) is 31.6 Å². The summed E-state index contributed by atoms with van der Waals surface area (Å²) >= 11 is 1.87. The summed E-state index contributed by atoms with van der Waals surface area (Å²) in [4.78, 5) is 4.22. The van der Waals surface area contributed by atoms with E-state index < -0.39 is 0 Å². The fourth-order valence-electron chi connectivity index (χ4n) is 1.63. The van der Waals surface area contributed by atoms with E-state index in [1.54, 1.807) is 0 Å². The number of benzene rings is 1. The van der Waals surface area contributed by atoms with Crippen molar-refractivity contribution in [3.05, 3.63) is 35.4 Å². The minimum atomic E-state index is 0.814. The van der Waals surface area contributed by atoms with Crippen LogP contribution >= 0.6 is 11.8 Å². The summed E-state index contributed by atoms with van der Waals surface area (Å²) in [6.45, 7) is 3.91. The Bertz CT molecular complexity index is 377. The fraction of sp³-hybridized carbons (Fsp3) is 0.500. The maximum absolute atomic E-state index is 4.22. The third-order valence-electron chi connectivity index (χ3n) is 2.75. The lowest BCUT2D eigenvalue weighted by Crippen LogP contribution is -2.37. The Kier molecular flexibility index (Phi) is 7.34. The summed E-state index contributed by atoms with van der Waals surface area (Å²) in [7, 11) is 1.81. The van der Waals surface area contributed by atoms with Crippen LogP contribution in [0.5, 0.6) is 0 Å². The molecule has 0 saturated carbocycles. The van der Waals surface area contributed by atoms with Gasteiger partial charge in [-0.3, -0.25) is 4.99 Å². The van der Waals surface area contributed by atoms with Crippen molar-refractivity contribution in [3.8, 4) is 0 Å². The maximum Gasteiger partial charge on any atom is 0.191 e. The highest BCUT2D eigenvalue weighted by Gasteiger charge is 1.99. The van der Waals surface area contributed by atoms with Crippen LogP contribution < -0.4 is 10.6 Å². The van der Waals surface area contributed by atoms with Crippen LogP contribution in [0.2, 0.25) is 0 Å². The summed E-state index contributed by atoms with van der Waals surface area (Å²) < 4.78 is 0. The molecule has 0 aliphatic heterocycles. The van der Waals surface area contributed by atoms with E-state index in [-0.39, 0.29) is 0 Å². The number of aliphatic imine (C=N–C) groups is 1. The number of aryl methyl sites for hydroxylation is 1. The quantitative estimate of drug-likeness (QED) is 0.471. The van der Waals surface area contributed by atoms with Crippen LogP contribution in [0.1, 0.15) is 17.5 Å². The molecular weight excluding hydrogens is 242 g/mol. The highest BCUT2D eigenvalue weighted by Crippen LogP contribution is 2.05. The van der Waals surface area contributed by atoms with Crippen molar-refractivity contribution in [1.29, 1.82) is 0 Å². The first kappa shape index (κ1) is 14.9. The normalized spacial score (nSPS) is 11.4. The van der Waals surface area contributed by atoms with Gasteiger partial charge in [-0.15, -0.1) is 0 Å². The van der Waals surface area contributed by atoms with Gasteiger partial charge >= 0.3 is 0 Å². The van der Waals surface area contributed by atoms with Gasteiger partial charge in [0.1, 0.15) is 0 Å². The predicted molar refractivity (Wildman–Crippen MR) is 82.4 cm³/mol. The molecular formula is C14H23N3S. The van der Waals surface area contributed by atoms with E-state index in [2.05, 4.69) is 53.1 Å². The number of rotatable bonds is 6. The number of nitrogens with zero attached hydrogens (tertiary/aromatic N) is 1. The number of hydrogen-bond acceptors (Lipinski definition) is 2. The molecule has 1 rings (SSSR count). The fourth-order valence-corrected chi connectivity index (χ4v) is 2.06. The molecule has 0 spiro atoms. The van der Waals surface area contributed by atoms with Gasteiger partial charge < -0.3 is 10.6 Å². The summed E-state index contributed by atoms with van der Waals surface area (Å²) in [5.74, 6) is 2.06. The third-order valence-corrected chi connectivity index (χ3v) is 3.45. The van der Waals surface area contributed by atoms with Crippen LogP contribution in [-0.2, 0) is 6.54 Å². The maximum atomic E-state index is 4.22. The summed E-state index contributed by atoms with van der Waals surface area (Å²) in [6, 6.07) is 8.40. The van der Waals surface area contributed by atoms with Gasteiger partial charge in [-0.05, 0) is 36.5 Å². The van der Waals surface area contributed by atoms with E-state index in [0.717, 1.165) is 25.5 Å². The molecule has 2 N–H and O–H groups in total. The molecule has 0 amide bonds. The summed E-state index contributed by atoms with van der Waals surface area (Å²) in [5.41, 5.74) is 2.62. The lowest BCUT2D eigenvalue weighted by atomic mass is 10.1. The molecule has 0 saturated heterocycles. The smallest absolute Gasteiger partial charge is 0.191 e. The van der Waals surface area contributed by atoms with Crippen LogP contribution in [0.25, 0.3) is 0 Å². The molecule has 0 radical (unpaired) electrons. The van der Waals surface area contributed by atoms with E-state index in [4.69, 9.17) is 0 Å². The van der Waals surface area contributed by atoms with Crippen molar-refractivity contribution >= 4 is 17.7 Å². The van der Waals surface area contributed by atoms with E-state index in [1.807, 2.05) is 18.8 Å². The predicted octanol–water partition coefficient (Wildman–Crippen LogP) is 2.41. The van der Waals surface area contributed by atoms with Gasteiger partial charge in [-0.25, -0.2) is 0 Å². The summed E-state index contributed by atoms with van der Waals surface area (Å²) in [6.07, 6.45) is 3.29. The second-order valence-electron chi connectivity index (χ2n) is 4.13. The second kappa shape index (κ2) is 8.86. The standard InChI is InChI=1S/C14H23N3S/c1-12-7-4-5-8-13(12)11-17-14(15-2)16-9-6-10-18-3/h4-5,7-8H,6,9-11H2,1-3H3,(H2,15,16,17). The number of nitrogens with one attached hydrogen (secondary N) is 2. The average Bonchev–Trinajstić information content (AvgIpc) is 2.40. The molecule has 1 aromatic rings. The monoisotopic (exact) mass is 265 g/mol. The van der Waals surface area contributed by atoms with Crippen molar-refractivity contribution in [1.82, 2.24) is 10.6 Å². The Morgan fingerprint density at radius 1 is 1.28 bits per heavy atom. The molecule has 18 heavy (non-hydrogen) atoms. The van der Waals surface area contributed by atoms with E-state index in [1.165, 1.54) is 16.9 Å². The zero-order chi connectivity index (χ0) is 13.2. The van der Waals surface area contributed by atoms with Crippen LogP contribution in [0.4, 0.5) is 0 Å². The lowest BCUT2D eigenvalue weighted by Gasteiger charge is -2.12. The Morgan fingerprint density at radius 3 is 2.72 bits per heavy atom. The van der Waals surface area contributed by atoms with Crippen molar-refractivity contribution in [3.63, 3.8) is 0 Å². The van der Waals surface area contributed by atoms with Gasteiger partial charge in [0.2, 0.25) is 0 Å². The van der Waals surface area contributed by atoms with Crippen LogP contribution in [0.15, 0.2) is 29.3 Å². The Labute approximate surface area is 114 Å². The lowest BCUT2D eigenvalue weighted by molar-refractivity contribution is 0.784. The van der Waals surface area contributed by atoms with Gasteiger partial charge in [-0.2, -0.15) is 11.8 Å². The first-order valence-corrected chi connectivity index (χ1v) is 7.65. The van der Waals surface area contributed by atoms with E-state index >= 15 is 0 Å². The Balaban J connectivity index is 2.34. The molecule has 0 aliphatic carbocycles. The summed E-state index contributed by atoms with van der Waals surface area (Å²) in [5, 5.41) is 6.66. The molecule has 100 valence electrons. The molecule has 0 aromatic heterocycles. The highest BCUT2D eigenvalue weighted by atomic mass is 32.2. The molecule has 4 heteroatoms. The minimum Gasteiger partial charge on any atom is -0.356 e. The SMILES string of the molecule is CN=C(NCCCSC)NCc1ccccc1C. The first-order valence-electron chi connectivity index (χ1n) is 6.26. The Morgan fingerprint density at radius 2 is 2.06 bits per heavy atom. The molecule has 3 nitrogen and oxygen atoms in total. The van der Waals surface area contributed by atoms with Crippen molar-refractivity contribution in [2.24, 2.45) is 4.99 Å². The third kappa shape index (κ3) is 5.45. The van der Waals surface area contributed by atoms with Crippen molar-refractivity contribution in [2.45, 2.75) is 19.9 Å². The second-order valence-corrected chi connectivity index (χ2v) is 5.11. The zero-order valence-electron chi connectivity index (χ0n) is 11.5. The molecule has 0 heterocycles. The largest absolute Gasteiger partial charge is 0.356 e. The number of guanidine groups is 1. The van der Waals surface area contributed by atoms with Gasteiger partial charge in [-0.1, -0.05) is 24.3 Å². The molecule has 0 atom stereocenters. The van der Waals surface area contributed by atoms with Crippen LogP contribution in [0.3, 0.4) is 0 Å². The molecule has 0 aliphatic rings. The van der Waals surface area contributed by atoms with Gasteiger partial charge in [0, 0.05) is 20.1 Å². The van der Waals surface area contributed by atoms with Crippen molar-refractivity contribution < 1.29 is 0 Å². The van der Waals surface area contributed by atoms with Gasteiger partial charge in [0.05, 0.1) is 0 Å². The van der Waals surface area contributed by atoms with E-state index in [9.17, 15) is 0 Å². The van der Waals surface area contributed by atoms with Gasteiger partial charge in [0.15, 0.2) is 5.96 Å². The molecule has 0 fully saturated rings. The Hall–Kier alpha value is -1.16. The van der Waals surface area contributed by atoms with Crippen molar-refractivity contribution in [2.75, 3.05) is 25.6 Å². The average molecular weight is 265 g/mol. The minimum absolute atomic E-state index is 0.814. The van der Waals surface area contributed by atoms with Crippen LogP contribution in [0, 0.1) is 6.92 Å². The highest BCUT2D eigenvalue weighted by molar-refractivity contribution is 7.98. The molecule has 0 bridgehead atoms. The molecule has 1 aromatic carbocycles.